The summed E-state index contributed by atoms with van der Waals surface area (Å²) in [7, 11) is 3.63. The maximum atomic E-state index is 11.9. The van der Waals surface area contributed by atoms with Crippen molar-refractivity contribution in [1.82, 2.24) is 14.7 Å². The molecule has 5 nitrogen and oxygen atoms in total. The number of likely N-dealkylation sites (N-methyl/N-ethyl adjacent to an activating group) is 1. The van der Waals surface area contributed by atoms with Gasteiger partial charge in [-0.3, -0.25) is 9.48 Å². The average Bonchev–Trinajstić information content (AvgIpc) is 2.49. The maximum Gasteiger partial charge on any atom is 0.222 e. The fourth-order valence-corrected chi connectivity index (χ4v) is 2.10. The van der Waals surface area contributed by atoms with E-state index < -0.39 is 6.10 Å². The van der Waals surface area contributed by atoms with Crippen molar-refractivity contribution in [2.75, 3.05) is 13.6 Å². The van der Waals surface area contributed by atoms with E-state index in [9.17, 15) is 9.90 Å². The molecule has 1 heterocycles. The van der Waals surface area contributed by atoms with Crippen molar-refractivity contribution in [2.24, 2.45) is 7.05 Å². The van der Waals surface area contributed by atoms with E-state index in [-0.39, 0.29) is 5.91 Å². The number of aryl methyl sites for hydroxylation is 2. The summed E-state index contributed by atoms with van der Waals surface area (Å²) in [5.74, 6) is 0.0542. The van der Waals surface area contributed by atoms with E-state index in [2.05, 4.69) is 5.10 Å². The van der Waals surface area contributed by atoms with Crippen LogP contribution in [0.1, 0.15) is 30.3 Å². The SMILES string of the molecule is Cc1nn(C)c(C)c1CCC(=O)N(C)CC(C)O. The van der Waals surface area contributed by atoms with Gasteiger partial charge in [-0.2, -0.15) is 5.10 Å². The molecule has 0 radical (unpaired) electrons. The minimum atomic E-state index is -0.485. The maximum absolute atomic E-state index is 11.9. The lowest BCUT2D eigenvalue weighted by Crippen LogP contribution is -2.33. The Balaban J connectivity index is 2.57. The molecule has 0 aliphatic heterocycles. The van der Waals surface area contributed by atoms with Crippen LogP contribution in [-0.4, -0.2) is 45.4 Å². The zero-order valence-electron chi connectivity index (χ0n) is 11.9. The lowest BCUT2D eigenvalue weighted by atomic mass is 10.1. The minimum Gasteiger partial charge on any atom is -0.392 e. The largest absolute Gasteiger partial charge is 0.392 e. The van der Waals surface area contributed by atoms with Crippen molar-refractivity contribution in [3.63, 3.8) is 0 Å². The van der Waals surface area contributed by atoms with Crippen molar-refractivity contribution in [3.8, 4) is 0 Å². The van der Waals surface area contributed by atoms with Gasteiger partial charge in [0.25, 0.3) is 0 Å². The zero-order valence-corrected chi connectivity index (χ0v) is 11.9. The second-order valence-corrected chi connectivity index (χ2v) is 4.90. The molecule has 0 spiro atoms. The van der Waals surface area contributed by atoms with Gasteiger partial charge < -0.3 is 10.0 Å². The molecule has 1 N–H and O–H groups in total. The molecule has 0 saturated carbocycles. The third-order valence-corrected chi connectivity index (χ3v) is 3.21. The first-order chi connectivity index (χ1) is 8.32. The third-order valence-electron chi connectivity index (χ3n) is 3.21. The number of aliphatic hydroxyl groups excluding tert-OH is 1. The van der Waals surface area contributed by atoms with Gasteiger partial charge in [-0.25, -0.2) is 0 Å². The molecule has 0 fully saturated rings. The molecule has 5 heteroatoms. The number of carbonyl (C=O) groups excluding carboxylic acids is 1. The number of hydrogen-bond donors (Lipinski definition) is 1. The molecule has 1 aromatic heterocycles. The van der Waals surface area contributed by atoms with Crippen LogP contribution < -0.4 is 0 Å². The molecule has 0 saturated heterocycles. The van der Waals surface area contributed by atoms with Crippen molar-refractivity contribution < 1.29 is 9.90 Å². The van der Waals surface area contributed by atoms with Crippen LogP contribution in [0.3, 0.4) is 0 Å². The second-order valence-electron chi connectivity index (χ2n) is 4.90. The summed E-state index contributed by atoms with van der Waals surface area (Å²) < 4.78 is 1.84. The van der Waals surface area contributed by atoms with E-state index in [1.54, 1.807) is 18.9 Å². The number of aliphatic hydroxyl groups is 1. The summed E-state index contributed by atoms with van der Waals surface area (Å²) in [6, 6.07) is 0. The Morgan fingerprint density at radius 1 is 1.50 bits per heavy atom. The lowest BCUT2D eigenvalue weighted by molar-refractivity contribution is -0.131. The van der Waals surface area contributed by atoms with E-state index in [1.165, 1.54) is 0 Å². The highest BCUT2D eigenvalue weighted by atomic mass is 16.3. The molecule has 0 aliphatic carbocycles. The molecule has 1 atom stereocenters. The van der Waals surface area contributed by atoms with Crippen LogP contribution in [0.4, 0.5) is 0 Å². The molecular formula is C13H23N3O2. The van der Waals surface area contributed by atoms with Crippen LogP contribution in [0.5, 0.6) is 0 Å². The molecule has 1 aromatic rings. The van der Waals surface area contributed by atoms with E-state index >= 15 is 0 Å². The Kier molecular flexibility index (Phi) is 4.90. The Labute approximate surface area is 108 Å². The standard InChI is InChI=1S/C13H23N3O2/c1-9(17)8-15(4)13(18)7-6-12-10(2)14-16(5)11(12)3/h9,17H,6-8H2,1-5H3. The van der Waals surface area contributed by atoms with Crippen molar-refractivity contribution in [3.05, 3.63) is 17.0 Å². The summed E-state index contributed by atoms with van der Waals surface area (Å²) in [6.07, 6.45) is 0.672. The third kappa shape index (κ3) is 3.57. The molecule has 0 aliphatic rings. The van der Waals surface area contributed by atoms with E-state index in [0.717, 1.165) is 17.0 Å². The quantitative estimate of drug-likeness (QED) is 0.844. The number of aromatic nitrogens is 2. The van der Waals surface area contributed by atoms with Crippen LogP contribution in [0.15, 0.2) is 0 Å². The van der Waals surface area contributed by atoms with Gasteiger partial charge in [0.05, 0.1) is 11.8 Å². The second kappa shape index (κ2) is 6.00. The zero-order chi connectivity index (χ0) is 13.9. The van der Waals surface area contributed by atoms with Crippen molar-refractivity contribution >= 4 is 5.91 Å². The number of rotatable bonds is 5. The van der Waals surface area contributed by atoms with Crippen LogP contribution in [0.25, 0.3) is 0 Å². The Morgan fingerprint density at radius 3 is 2.56 bits per heavy atom. The van der Waals surface area contributed by atoms with Gasteiger partial charge in [0.15, 0.2) is 0 Å². The highest BCUT2D eigenvalue weighted by Crippen LogP contribution is 2.14. The summed E-state index contributed by atoms with van der Waals surface area (Å²) in [6.45, 7) is 6.04. The topological polar surface area (TPSA) is 58.4 Å². The number of nitrogens with zero attached hydrogens (tertiary/aromatic N) is 3. The molecule has 102 valence electrons. The summed E-state index contributed by atoms with van der Waals surface area (Å²) in [5.41, 5.74) is 3.25. The average molecular weight is 253 g/mol. The van der Waals surface area contributed by atoms with Crippen LogP contribution in [0, 0.1) is 13.8 Å². The predicted molar refractivity (Wildman–Crippen MR) is 70.3 cm³/mol. The lowest BCUT2D eigenvalue weighted by Gasteiger charge is -2.18. The smallest absolute Gasteiger partial charge is 0.222 e. The Hall–Kier alpha value is -1.36. The van der Waals surface area contributed by atoms with Gasteiger partial charge in [0, 0.05) is 32.8 Å². The van der Waals surface area contributed by atoms with Gasteiger partial charge in [0.2, 0.25) is 5.91 Å². The van der Waals surface area contributed by atoms with Crippen LogP contribution >= 0.6 is 0 Å². The van der Waals surface area contributed by atoms with E-state index in [4.69, 9.17) is 0 Å². The normalized spacial score (nSPS) is 12.6. The molecule has 18 heavy (non-hydrogen) atoms. The van der Waals surface area contributed by atoms with Gasteiger partial charge in [-0.1, -0.05) is 0 Å². The van der Waals surface area contributed by atoms with Crippen molar-refractivity contribution in [2.45, 2.75) is 39.7 Å². The number of amides is 1. The fraction of sp³-hybridized carbons (Fsp3) is 0.692. The summed E-state index contributed by atoms with van der Waals surface area (Å²) in [4.78, 5) is 13.4. The number of carbonyl (C=O) groups is 1. The fourth-order valence-electron chi connectivity index (χ4n) is 2.10. The first kappa shape index (κ1) is 14.7. The van der Waals surface area contributed by atoms with Crippen LogP contribution in [-0.2, 0) is 18.3 Å². The highest BCUT2D eigenvalue weighted by Gasteiger charge is 2.14. The van der Waals surface area contributed by atoms with Gasteiger partial charge >= 0.3 is 0 Å². The summed E-state index contributed by atoms with van der Waals surface area (Å²) >= 11 is 0. The minimum absolute atomic E-state index is 0.0542. The van der Waals surface area contributed by atoms with Gasteiger partial charge in [-0.15, -0.1) is 0 Å². The first-order valence-corrected chi connectivity index (χ1v) is 6.24. The molecular weight excluding hydrogens is 230 g/mol. The van der Waals surface area contributed by atoms with E-state index in [0.29, 0.717) is 19.4 Å². The van der Waals surface area contributed by atoms with Gasteiger partial charge in [0.1, 0.15) is 0 Å². The monoisotopic (exact) mass is 253 g/mol. The predicted octanol–water partition coefficient (Wildman–Crippen LogP) is 0.809. The van der Waals surface area contributed by atoms with E-state index in [1.807, 2.05) is 25.6 Å². The molecule has 1 amide bonds. The first-order valence-electron chi connectivity index (χ1n) is 6.24. The van der Waals surface area contributed by atoms with Crippen LogP contribution in [0.2, 0.25) is 0 Å². The molecule has 1 rings (SSSR count). The molecule has 0 bridgehead atoms. The summed E-state index contributed by atoms with van der Waals surface area (Å²) in [5, 5.41) is 13.6. The Bertz CT molecular complexity index is 424. The highest BCUT2D eigenvalue weighted by molar-refractivity contribution is 5.76. The molecule has 0 aromatic carbocycles. The molecule has 1 unspecified atom stereocenters. The van der Waals surface area contributed by atoms with Gasteiger partial charge in [-0.05, 0) is 32.8 Å². The Morgan fingerprint density at radius 2 is 2.11 bits per heavy atom. The van der Waals surface area contributed by atoms with Crippen molar-refractivity contribution in [1.29, 1.82) is 0 Å². The number of hydrogen-bond acceptors (Lipinski definition) is 3.